The lowest BCUT2D eigenvalue weighted by Crippen LogP contribution is -2.35. The van der Waals surface area contributed by atoms with Crippen LogP contribution in [0, 0.1) is 17.0 Å². The number of hydrogen-bond acceptors (Lipinski definition) is 6. The number of carbonyl (C=O) groups is 1. The van der Waals surface area contributed by atoms with Crippen LogP contribution in [-0.2, 0) is 28.0 Å². The minimum atomic E-state index is -3.86. The molecule has 144 valence electrons. The summed E-state index contributed by atoms with van der Waals surface area (Å²) in [6, 6.07) is 5.01. The van der Waals surface area contributed by atoms with Crippen molar-refractivity contribution in [2.45, 2.75) is 26.3 Å². The Morgan fingerprint density at radius 2 is 2.19 bits per heavy atom. The van der Waals surface area contributed by atoms with Gasteiger partial charge >= 0.3 is 5.82 Å². The largest absolute Gasteiger partial charge is 0.381 e. The summed E-state index contributed by atoms with van der Waals surface area (Å²) in [5, 5.41) is 18.6. The molecule has 0 saturated carbocycles. The normalized spacial score (nSPS) is 13.5. The number of nitrogens with zero attached hydrogens (tertiary/aromatic N) is 4. The molecule has 1 aromatic heterocycles. The van der Waals surface area contributed by atoms with Crippen LogP contribution in [0.5, 0.6) is 0 Å². The van der Waals surface area contributed by atoms with Crippen molar-refractivity contribution in [3.8, 4) is 0 Å². The molecule has 0 saturated heterocycles. The zero-order chi connectivity index (χ0) is 19.8. The van der Waals surface area contributed by atoms with Crippen LogP contribution in [0.15, 0.2) is 24.4 Å². The number of nitro groups is 1. The van der Waals surface area contributed by atoms with Crippen LogP contribution in [-0.4, -0.2) is 35.3 Å². The van der Waals surface area contributed by atoms with Crippen molar-refractivity contribution in [3.63, 3.8) is 0 Å². The number of hydrogen-bond donors (Lipinski definition) is 2. The molecule has 2 aromatic rings. The fourth-order valence-corrected chi connectivity index (χ4v) is 3.73. The molecular formula is C15H18N6O5S. The number of imidazole rings is 1. The number of anilines is 2. The number of carbonyl (C=O) groups excluding carboxylic acids is 1. The van der Waals surface area contributed by atoms with E-state index in [4.69, 9.17) is 5.14 Å². The van der Waals surface area contributed by atoms with Gasteiger partial charge in [-0.2, -0.15) is 8.42 Å². The van der Waals surface area contributed by atoms with E-state index in [2.05, 4.69) is 10.3 Å². The van der Waals surface area contributed by atoms with Gasteiger partial charge < -0.3 is 20.0 Å². The minimum Gasteiger partial charge on any atom is -0.358 e. The Morgan fingerprint density at radius 1 is 1.44 bits per heavy atom. The molecule has 0 fully saturated rings. The number of aromatic nitrogens is 2. The first kappa shape index (κ1) is 18.8. The summed E-state index contributed by atoms with van der Waals surface area (Å²) < 4.78 is 25.9. The molecule has 2 heterocycles. The Kier molecular flexibility index (Phi) is 4.85. The van der Waals surface area contributed by atoms with Crippen LogP contribution in [0.4, 0.5) is 17.2 Å². The molecule has 0 unspecified atom stereocenters. The van der Waals surface area contributed by atoms with Crippen molar-refractivity contribution >= 4 is 33.3 Å². The van der Waals surface area contributed by atoms with Crippen LogP contribution >= 0.6 is 0 Å². The van der Waals surface area contributed by atoms with E-state index >= 15 is 0 Å². The van der Waals surface area contributed by atoms with E-state index < -0.39 is 15.1 Å². The van der Waals surface area contributed by atoms with Crippen molar-refractivity contribution in [2.24, 2.45) is 5.14 Å². The molecule has 1 aliphatic rings. The van der Waals surface area contributed by atoms with Gasteiger partial charge in [0.1, 0.15) is 6.20 Å². The van der Waals surface area contributed by atoms with Crippen LogP contribution in [0.25, 0.3) is 0 Å². The second kappa shape index (κ2) is 6.96. The lowest BCUT2D eigenvalue weighted by atomic mass is 10.1. The third-order valence-electron chi connectivity index (χ3n) is 4.26. The first-order valence-electron chi connectivity index (χ1n) is 8.06. The van der Waals surface area contributed by atoms with Gasteiger partial charge in [0.2, 0.25) is 11.7 Å². The van der Waals surface area contributed by atoms with Crippen molar-refractivity contribution in [2.75, 3.05) is 16.2 Å². The van der Waals surface area contributed by atoms with E-state index in [0.717, 1.165) is 9.87 Å². The Bertz CT molecular complexity index is 1020. The maximum Gasteiger partial charge on any atom is 0.381 e. The number of rotatable bonds is 6. The fourth-order valence-electron chi connectivity index (χ4n) is 2.94. The topological polar surface area (TPSA) is 153 Å². The number of aryl methyl sites for hydroxylation is 2. The first-order valence-corrected chi connectivity index (χ1v) is 9.57. The van der Waals surface area contributed by atoms with E-state index in [0.29, 0.717) is 23.6 Å². The van der Waals surface area contributed by atoms with E-state index in [-0.39, 0.29) is 31.2 Å². The van der Waals surface area contributed by atoms with Crippen molar-refractivity contribution in [3.05, 3.63) is 45.9 Å². The van der Waals surface area contributed by atoms with Crippen molar-refractivity contribution in [1.29, 1.82) is 0 Å². The lowest BCUT2D eigenvalue weighted by Gasteiger charge is -2.16. The quantitative estimate of drug-likeness (QED) is 0.543. The number of nitrogens with two attached hydrogens (primary N) is 1. The summed E-state index contributed by atoms with van der Waals surface area (Å²) in [4.78, 5) is 26.1. The monoisotopic (exact) mass is 394 g/mol. The highest BCUT2D eigenvalue weighted by Crippen LogP contribution is 2.32. The average molecular weight is 394 g/mol. The van der Waals surface area contributed by atoms with E-state index in [1.54, 1.807) is 25.1 Å². The molecule has 0 aliphatic carbocycles. The smallest absolute Gasteiger partial charge is 0.358 e. The molecule has 0 radical (unpaired) electrons. The molecule has 3 rings (SSSR count). The highest BCUT2D eigenvalue weighted by molar-refractivity contribution is 7.90. The Hall–Kier alpha value is -2.99. The van der Waals surface area contributed by atoms with Gasteiger partial charge in [0.05, 0.1) is 5.69 Å². The predicted molar refractivity (Wildman–Crippen MR) is 97.5 cm³/mol. The molecule has 0 bridgehead atoms. The van der Waals surface area contributed by atoms with Gasteiger partial charge in [0.25, 0.3) is 10.2 Å². The number of benzene rings is 1. The molecule has 27 heavy (non-hydrogen) atoms. The molecule has 1 aliphatic heterocycles. The number of nitrogens with one attached hydrogen (secondary N) is 1. The Labute approximate surface area is 155 Å². The number of amides is 1. The summed E-state index contributed by atoms with van der Waals surface area (Å²) in [7, 11) is -3.86. The van der Waals surface area contributed by atoms with Gasteiger partial charge in [-0.3, -0.25) is 9.10 Å². The number of fused-ring (bicyclic) bond motifs is 1. The van der Waals surface area contributed by atoms with Crippen LogP contribution < -0.4 is 14.8 Å². The van der Waals surface area contributed by atoms with Crippen LogP contribution in [0.1, 0.15) is 17.8 Å². The van der Waals surface area contributed by atoms with Gasteiger partial charge in [0, 0.05) is 32.1 Å². The molecule has 1 amide bonds. The highest BCUT2D eigenvalue weighted by atomic mass is 32.2. The SMILES string of the molecule is Cc1nc([N+](=O)[O-])cn1CCC(=O)Nc1ccc2c(c1)N(S(N)(=O)=O)CC2. The molecule has 0 atom stereocenters. The standard InChI is InChI=1S/C15H18N6O5S/c1-10-17-14(21(23)24)9-19(10)6-5-15(22)18-12-3-2-11-4-7-20(13(11)8-12)27(16,25)26/h2-3,8-9H,4-7H2,1H3,(H,18,22)(H2,16,25,26). The predicted octanol–water partition coefficient (Wildman–Crippen LogP) is 0.695. The molecular weight excluding hydrogens is 376 g/mol. The molecule has 11 nitrogen and oxygen atoms in total. The zero-order valence-electron chi connectivity index (χ0n) is 14.5. The highest BCUT2D eigenvalue weighted by Gasteiger charge is 2.27. The van der Waals surface area contributed by atoms with Crippen LogP contribution in [0.2, 0.25) is 0 Å². The minimum absolute atomic E-state index is 0.0738. The van der Waals surface area contributed by atoms with Crippen LogP contribution in [0.3, 0.4) is 0 Å². The van der Waals surface area contributed by atoms with Gasteiger partial charge in [-0.05, 0) is 34.0 Å². The summed E-state index contributed by atoms with van der Waals surface area (Å²) in [5.41, 5.74) is 1.74. The molecule has 0 spiro atoms. The Morgan fingerprint density at radius 3 is 2.81 bits per heavy atom. The third kappa shape index (κ3) is 4.06. The maximum atomic E-state index is 12.2. The van der Waals surface area contributed by atoms with Crippen molar-refractivity contribution in [1.82, 2.24) is 9.55 Å². The van der Waals surface area contributed by atoms with Gasteiger partial charge in [-0.1, -0.05) is 6.07 Å². The lowest BCUT2D eigenvalue weighted by molar-refractivity contribution is -0.389. The summed E-state index contributed by atoms with van der Waals surface area (Å²) in [5.74, 6) is -0.142. The van der Waals surface area contributed by atoms with Gasteiger partial charge in [-0.25, -0.2) is 5.14 Å². The fraction of sp³-hybridized carbons (Fsp3) is 0.333. The first-order chi connectivity index (χ1) is 12.6. The van der Waals surface area contributed by atoms with Crippen molar-refractivity contribution < 1.29 is 18.1 Å². The second-order valence-electron chi connectivity index (χ2n) is 6.11. The summed E-state index contributed by atoms with van der Waals surface area (Å²) >= 11 is 0. The van der Waals surface area contributed by atoms with E-state index in [1.165, 1.54) is 10.8 Å². The van der Waals surface area contributed by atoms with Gasteiger partial charge in [0.15, 0.2) is 0 Å². The molecule has 1 aromatic carbocycles. The maximum absolute atomic E-state index is 12.2. The van der Waals surface area contributed by atoms with E-state index in [1.807, 2.05) is 0 Å². The zero-order valence-corrected chi connectivity index (χ0v) is 15.3. The second-order valence-corrected chi connectivity index (χ2v) is 7.58. The summed E-state index contributed by atoms with van der Waals surface area (Å²) in [6.07, 6.45) is 1.91. The molecule has 3 N–H and O–H groups in total. The third-order valence-corrected chi connectivity index (χ3v) is 5.25. The van der Waals surface area contributed by atoms with Gasteiger partial charge in [-0.15, -0.1) is 0 Å². The summed E-state index contributed by atoms with van der Waals surface area (Å²) in [6.45, 7) is 2.12. The van der Waals surface area contributed by atoms with E-state index in [9.17, 15) is 23.3 Å². The molecule has 12 heteroatoms. The average Bonchev–Trinajstić information content (AvgIpc) is 3.16. The Balaban J connectivity index is 1.66.